The number of hydrogen-bond donors (Lipinski definition) is 1. The van der Waals surface area contributed by atoms with E-state index < -0.39 is 0 Å². The fourth-order valence-electron chi connectivity index (χ4n) is 1.96. The van der Waals surface area contributed by atoms with Crippen LogP contribution in [0, 0.1) is 6.92 Å². The van der Waals surface area contributed by atoms with Crippen molar-refractivity contribution in [2.24, 2.45) is 7.05 Å². The Balaban J connectivity index is 2.42. The summed E-state index contributed by atoms with van der Waals surface area (Å²) in [7, 11) is 3.89. The molecule has 17 heavy (non-hydrogen) atoms. The molecular formula is C13H16BrN3. The zero-order chi connectivity index (χ0) is 12.4. The summed E-state index contributed by atoms with van der Waals surface area (Å²) in [6.07, 6.45) is 3.93. The molecule has 1 heterocycles. The standard InChI is InChI=1S/C13H16BrN3/c1-9-4-5-11(12(14)6-9)13(15-2)10-7-16-17(3)8-10/h4-8,13,15H,1-3H3. The van der Waals surface area contributed by atoms with Crippen LogP contribution in [0.4, 0.5) is 0 Å². The van der Waals surface area contributed by atoms with E-state index in [-0.39, 0.29) is 6.04 Å². The van der Waals surface area contributed by atoms with Crippen molar-refractivity contribution < 1.29 is 0 Å². The zero-order valence-electron chi connectivity index (χ0n) is 10.2. The number of aryl methyl sites for hydroxylation is 2. The summed E-state index contributed by atoms with van der Waals surface area (Å²) < 4.78 is 2.95. The second kappa shape index (κ2) is 5.02. The molecule has 1 unspecified atom stereocenters. The molecular weight excluding hydrogens is 278 g/mol. The normalized spacial score (nSPS) is 12.7. The van der Waals surface area contributed by atoms with Gasteiger partial charge < -0.3 is 5.32 Å². The van der Waals surface area contributed by atoms with Crippen LogP contribution in [0.1, 0.15) is 22.7 Å². The third-order valence-corrected chi connectivity index (χ3v) is 3.50. The molecule has 2 aromatic rings. The van der Waals surface area contributed by atoms with Crippen molar-refractivity contribution >= 4 is 15.9 Å². The van der Waals surface area contributed by atoms with Crippen molar-refractivity contribution in [3.05, 3.63) is 51.8 Å². The molecule has 1 aromatic carbocycles. The van der Waals surface area contributed by atoms with Crippen LogP contribution in [0.15, 0.2) is 35.1 Å². The monoisotopic (exact) mass is 293 g/mol. The maximum Gasteiger partial charge on any atom is 0.0616 e. The van der Waals surface area contributed by atoms with Gasteiger partial charge in [0.1, 0.15) is 0 Å². The molecule has 1 aromatic heterocycles. The van der Waals surface area contributed by atoms with Crippen LogP contribution < -0.4 is 5.32 Å². The molecule has 0 radical (unpaired) electrons. The summed E-state index contributed by atoms with van der Waals surface area (Å²) in [5.41, 5.74) is 3.65. The van der Waals surface area contributed by atoms with Gasteiger partial charge in [0.2, 0.25) is 0 Å². The van der Waals surface area contributed by atoms with Crippen molar-refractivity contribution in [2.75, 3.05) is 7.05 Å². The lowest BCUT2D eigenvalue weighted by Crippen LogP contribution is -2.17. The molecule has 90 valence electrons. The minimum absolute atomic E-state index is 0.165. The van der Waals surface area contributed by atoms with Gasteiger partial charge in [0.05, 0.1) is 12.2 Å². The van der Waals surface area contributed by atoms with Crippen LogP contribution in [0.5, 0.6) is 0 Å². The fraction of sp³-hybridized carbons (Fsp3) is 0.308. The first-order valence-corrected chi connectivity index (χ1v) is 6.33. The van der Waals surface area contributed by atoms with Gasteiger partial charge in [-0.25, -0.2) is 0 Å². The molecule has 0 saturated carbocycles. The molecule has 2 rings (SSSR count). The van der Waals surface area contributed by atoms with Gasteiger partial charge in [0.15, 0.2) is 0 Å². The first-order valence-electron chi connectivity index (χ1n) is 5.53. The van der Waals surface area contributed by atoms with E-state index in [0.29, 0.717) is 0 Å². The van der Waals surface area contributed by atoms with Crippen molar-refractivity contribution in [3.63, 3.8) is 0 Å². The predicted molar refractivity (Wildman–Crippen MR) is 73.0 cm³/mol. The van der Waals surface area contributed by atoms with E-state index in [2.05, 4.69) is 51.5 Å². The maximum atomic E-state index is 4.22. The first kappa shape index (κ1) is 12.3. The highest BCUT2D eigenvalue weighted by molar-refractivity contribution is 9.10. The van der Waals surface area contributed by atoms with Gasteiger partial charge in [-0.15, -0.1) is 0 Å². The molecule has 0 saturated heterocycles. The summed E-state index contributed by atoms with van der Waals surface area (Å²) in [6.45, 7) is 2.09. The lowest BCUT2D eigenvalue weighted by atomic mass is 10.0. The Morgan fingerprint density at radius 3 is 2.71 bits per heavy atom. The van der Waals surface area contributed by atoms with Gasteiger partial charge in [-0.05, 0) is 31.2 Å². The molecule has 1 N–H and O–H groups in total. The minimum Gasteiger partial charge on any atom is -0.309 e. The Morgan fingerprint density at radius 1 is 1.41 bits per heavy atom. The van der Waals surface area contributed by atoms with Crippen LogP contribution in [0.2, 0.25) is 0 Å². The van der Waals surface area contributed by atoms with Crippen LogP contribution in [0.3, 0.4) is 0 Å². The van der Waals surface area contributed by atoms with E-state index in [0.717, 1.165) is 4.47 Å². The van der Waals surface area contributed by atoms with Crippen molar-refractivity contribution in [1.29, 1.82) is 0 Å². The summed E-state index contributed by atoms with van der Waals surface area (Å²) in [5, 5.41) is 7.54. The van der Waals surface area contributed by atoms with Crippen LogP contribution >= 0.6 is 15.9 Å². The number of nitrogens with zero attached hydrogens (tertiary/aromatic N) is 2. The lowest BCUT2D eigenvalue weighted by Gasteiger charge is -2.17. The number of halogens is 1. The molecule has 1 atom stereocenters. The number of rotatable bonds is 3. The molecule has 0 aliphatic rings. The minimum atomic E-state index is 0.165. The summed E-state index contributed by atoms with van der Waals surface area (Å²) in [4.78, 5) is 0. The highest BCUT2D eigenvalue weighted by Gasteiger charge is 2.16. The number of aromatic nitrogens is 2. The fourth-order valence-corrected chi connectivity index (χ4v) is 2.68. The molecule has 0 fully saturated rings. The quantitative estimate of drug-likeness (QED) is 0.943. The first-order chi connectivity index (χ1) is 8.11. The van der Waals surface area contributed by atoms with E-state index in [9.17, 15) is 0 Å². The smallest absolute Gasteiger partial charge is 0.0616 e. The Morgan fingerprint density at radius 2 is 2.18 bits per heavy atom. The topological polar surface area (TPSA) is 29.9 Å². The highest BCUT2D eigenvalue weighted by Crippen LogP contribution is 2.28. The Hall–Kier alpha value is -1.13. The Labute approximate surface area is 110 Å². The van der Waals surface area contributed by atoms with Gasteiger partial charge in [-0.1, -0.05) is 28.1 Å². The SMILES string of the molecule is CNC(c1cnn(C)c1)c1ccc(C)cc1Br. The van der Waals surface area contributed by atoms with Gasteiger partial charge in [0, 0.05) is 23.3 Å². The van der Waals surface area contributed by atoms with Gasteiger partial charge in [0.25, 0.3) is 0 Å². The van der Waals surface area contributed by atoms with Crippen molar-refractivity contribution in [2.45, 2.75) is 13.0 Å². The summed E-state index contributed by atoms with van der Waals surface area (Å²) in [5.74, 6) is 0. The number of hydrogen-bond acceptors (Lipinski definition) is 2. The largest absolute Gasteiger partial charge is 0.309 e. The molecule has 0 amide bonds. The van der Waals surface area contributed by atoms with Gasteiger partial charge in [-0.3, -0.25) is 4.68 Å². The van der Waals surface area contributed by atoms with E-state index in [1.807, 2.05) is 31.2 Å². The zero-order valence-corrected chi connectivity index (χ0v) is 11.8. The molecule has 4 heteroatoms. The van der Waals surface area contributed by atoms with E-state index in [1.54, 1.807) is 0 Å². The molecule has 0 aliphatic carbocycles. The van der Waals surface area contributed by atoms with Crippen LogP contribution in [-0.2, 0) is 7.05 Å². The summed E-state index contributed by atoms with van der Waals surface area (Å²) >= 11 is 3.63. The molecule has 0 spiro atoms. The lowest BCUT2D eigenvalue weighted by molar-refractivity contribution is 0.686. The number of nitrogens with one attached hydrogen (secondary N) is 1. The maximum absolute atomic E-state index is 4.22. The Kier molecular flexibility index (Phi) is 3.64. The third kappa shape index (κ3) is 2.58. The second-order valence-electron chi connectivity index (χ2n) is 4.19. The van der Waals surface area contributed by atoms with Gasteiger partial charge in [-0.2, -0.15) is 5.10 Å². The predicted octanol–water partition coefficient (Wildman–Crippen LogP) is 2.80. The Bertz CT molecular complexity index is 519. The van der Waals surface area contributed by atoms with Crippen LogP contribution in [-0.4, -0.2) is 16.8 Å². The van der Waals surface area contributed by atoms with Gasteiger partial charge >= 0.3 is 0 Å². The van der Waals surface area contributed by atoms with E-state index >= 15 is 0 Å². The number of benzene rings is 1. The average Bonchev–Trinajstić information content (AvgIpc) is 2.69. The van der Waals surface area contributed by atoms with E-state index in [4.69, 9.17) is 0 Å². The molecule has 3 nitrogen and oxygen atoms in total. The van der Waals surface area contributed by atoms with Crippen molar-refractivity contribution in [3.8, 4) is 0 Å². The van der Waals surface area contributed by atoms with Crippen molar-refractivity contribution in [1.82, 2.24) is 15.1 Å². The molecule has 0 aliphatic heterocycles. The average molecular weight is 294 g/mol. The summed E-state index contributed by atoms with van der Waals surface area (Å²) in [6, 6.07) is 6.57. The molecule has 0 bridgehead atoms. The third-order valence-electron chi connectivity index (χ3n) is 2.81. The van der Waals surface area contributed by atoms with Crippen LogP contribution in [0.25, 0.3) is 0 Å². The highest BCUT2D eigenvalue weighted by atomic mass is 79.9. The second-order valence-corrected chi connectivity index (χ2v) is 5.05. The van der Waals surface area contributed by atoms with E-state index in [1.165, 1.54) is 16.7 Å².